The minimum absolute atomic E-state index is 0.0814. The van der Waals surface area contributed by atoms with Gasteiger partial charge in [0, 0.05) is 54.6 Å². The molecule has 188 valence electrons. The maximum absolute atomic E-state index is 15.0. The lowest BCUT2D eigenvalue weighted by Gasteiger charge is -2.29. The summed E-state index contributed by atoms with van der Waals surface area (Å²) in [6.45, 7) is 3.60. The Labute approximate surface area is 217 Å². The lowest BCUT2D eigenvalue weighted by Crippen LogP contribution is -2.43. The molecule has 1 fully saturated rings. The third-order valence-electron chi connectivity index (χ3n) is 6.78. The van der Waals surface area contributed by atoms with Gasteiger partial charge in [0.15, 0.2) is 5.65 Å². The number of nitrogens with zero attached hydrogens (tertiary/aromatic N) is 4. The van der Waals surface area contributed by atoms with Gasteiger partial charge in [0.1, 0.15) is 29.1 Å². The van der Waals surface area contributed by atoms with E-state index < -0.39 is 5.82 Å². The van der Waals surface area contributed by atoms with Gasteiger partial charge in [-0.1, -0.05) is 12.1 Å². The third-order valence-corrected chi connectivity index (χ3v) is 6.78. The molecule has 3 heterocycles. The smallest absolute Gasteiger partial charge is 0.157 e. The summed E-state index contributed by atoms with van der Waals surface area (Å²) in [5.74, 6) is -1.31. The van der Waals surface area contributed by atoms with E-state index in [9.17, 15) is 19.1 Å². The summed E-state index contributed by atoms with van der Waals surface area (Å²) in [5, 5.41) is 31.4. The van der Waals surface area contributed by atoms with Crippen LogP contribution in [0.4, 0.5) is 14.5 Å². The Balaban J connectivity index is 1.61. The number of benzene rings is 3. The average Bonchev–Trinajstić information content (AvgIpc) is 3.37. The van der Waals surface area contributed by atoms with Crippen LogP contribution in [0.3, 0.4) is 0 Å². The lowest BCUT2D eigenvalue weighted by atomic mass is 9.91. The Morgan fingerprint density at radius 3 is 2.29 bits per heavy atom. The molecule has 7 nitrogen and oxygen atoms in total. The number of nitriles is 1. The van der Waals surface area contributed by atoms with Crippen LogP contribution in [-0.4, -0.2) is 46.5 Å². The molecule has 0 spiro atoms. The van der Waals surface area contributed by atoms with Crippen molar-refractivity contribution in [2.75, 3.05) is 31.1 Å². The van der Waals surface area contributed by atoms with E-state index in [-0.39, 0.29) is 28.4 Å². The van der Waals surface area contributed by atoms with Crippen LogP contribution < -0.4 is 10.2 Å². The molecular formula is C29H22F2N6O. The molecule has 38 heavy (non-hydrogen) atoms. The fourth-order valence-corrected chi connectivity index (χ4v) is 4.93. The number of phenolic OH excluding ortho intramolecular Hbond substituents is 1. The number of halogens is 2. The molecule has 0 amide bonds. The van der Waals surface area contributed by atoms with E-state index in [2.05, 4.69) is 31.5 Å². The minimum Gasteiger partial charge on any atom is -0.508 e. The predicted molar refractivity (Wildman–Crippen MR) is 142 cm³/mol. The first-order valence-corrected chi connectivity index (χ1v) is 12.2. The predicted octanol–water partition coefficient (Wildman–Crippen LogP) is 5.22. The van der Waals surface area contributed by atoms with Crippen molar-refractivity contribution in [2.45, 2.75) is 0 Å². The van der Waals surface area contributed by atoms with Crippen LogP contribution >= 0.6 is 0 Å². The number of fused-ring (bicyclic) bond motifs is 1. The van der Waals surface area contributed by atoms with E-state index in [1.807, 2.05) is 24.3 Å². The number of H-pyrrole nitrogens is 1. The molecule has 5 aromatic rings. The standard InChI is InChI=1S/C29H22F2N6O/c30-19-5-1-18(2-6-19)27-26-25(17-3-7-20(8-4-17)37-13-11-33-12-14-37)23(16-32)28(34-29(26)36-35-27)22-10-9-21(38)15-24(22)31/h1-10,15,33,38H,11-14H2,(H,34,35,36). The maximum Gasteiger partial charge on any atom is 0.157 e. The third kappa shape index (κ3) is 4.11. The molecule has 3 aromatic carbocycles. The van der Waals surface area contributed by atoms with E-state index in [0.29, 0.717) is 27.9 Å². The number of phenols is 1. The van der Waals surface area contributed by atoms with Crippen LogP contribution in [0.5, 0.6) is 5.75 Å². The van der Waals surface area contributed by atoms with Gasteiger partial charge in [0.25, 0.3) is 0 Å². The van der Waals surface area contributed by atoms with Crippen molar-refractivity contribution in [3.05, 3.63) is 83.9 Å². The van der Waals surface area contributed by atoms with Crippen LogP contribution in [0.2, 0.25) is 0 Å². The van der Waals surface area contributed by atoms with Gasteiger partial charge >= 0.3 is 0 Å². The molecule has 6 rings (SSSR count). The highest BCUT2D eigenvalue weighted by Gasteiger charge is 2.24. The summed E-state index contributed by atoms with van der Waals surface area (Å²) in [5.41, 5.74) is 4.22. The Morgan fingerprint density at radius 2 is 1.61 bits per heavy atom. The lowest BCUT2D eigenvalue weighted by molar-refractivity contribution is 0.469. The topological polar surface area (TPSA) is 101 Å². The molecule has 1 saturated heterocycles. The van der Waals surface area contributed by atoms with Gasteiger partial charge in [-0.3, -0.25) is 5.10 Å². The maximum atomic E-state index is 15.0. The first-order chi connectivity index (χ1) is 18.5. The second-order valence-corrected chi connectivity index (χ2v) is 9.07. The monoisotopic (exact) mass is 508 g/mol. The van der Waals surface area contributed by atoms with Crippen molar-refractivity contribution < 1.29 is 13.9 Å². The fourth-order valence-electron chi connectivity index (χ4n) is 4.93. The largest absolute Gasteiger partial charge is 0.508 e. The van der Waals surface area contributed by atoms with E-state index >= 15 is 0 Å². The molecule has 0 saturated carbocycles. The summed E-state index contributed by atoms with van der Waals surface area (Å²) in [6, 6.07) is 19.8. The van der Waals surface area contributed by atoms with Crippen LogP contribution in [-0.2, 0) is 0 Å². The van der Waals surface area contributed by atoms with E-state index in [0.717, 1.165) is 43.5 Å². The van der Waals surface area contributed by atoms with Crippen LogP contribution in [0.1, 0.15) is 5.56 Å². The Kier molecular flexibility index (Phi) is 5.94. The van der Waals surface area contributed by atoms with Crippen molar-refractivity contribution in [1.29, 1.82) is 5.26 Å². The van der Waals surface area contributed by atoms with Crippen molar-refractivity contribution in [1.82, 2.24) is 20.5 Å². The van der Waals surface area contributed by atoms with Crippen molar-refractivity contribution in [3.63, 3.8) is 0 Å². The molecular weight excluding hydrogens is 486 g/mol. The summed E-state index contributed by atoms with van der Waals surface area (Å²) < 4.78 is 28.6. The summed E-state index contributed by atoms with van der Waals surface area (Å²) in [7, 11) is 0. The summed E-state index contributed by atoms with van der Waals surface area (Å²) >= 11 is 0. The van der Waals surface area contributed by atoms with Crippen molar-refractivity contribution >= 4 is 16.7 Å². The molecule has 2 aromatic heterocycles. The van der Waals surface area contributed by atoms with E-state index in [4.69, 9.17) is 0 Å². The zero-order valence-corrected chi connectivity index (χ0v) is 20.2. The number of pyridine rings is 1. The van der Waals surface area contributed by atoms with Crippen LogP contribution in [0.25, 0.3) is 44.7 Å². The molecule has 0 atom stereocenters. The van der Waals surface area contributed by atoms with Gasteiger partial charge in [0.05, 0.1) is 16.6 Å². The first kappa shape index (κ1) is 23.6. The van der Waals surface area contributed by atoms with Crippen LogP contribution in [0.15, 0.2) is 66.7 Å². The molecule has 0 unspecified atom stereocenters. The highest BCUT2D eigenvalue weighted by Crippen LogP contribution is 2.41. The van der Waals surface area contributed by atoms with Gasteiger partial charge in [-0.15, -0.1) is 0 Å². The van der Waals surface area contributed by atoms with Crippen LogP contribution in [0, 0.1) is 23.0 Å². The van der Waals surface area contributed by atoms with Crippen molar-refractivity contribution in [2.24, 2.45) is 0 Å². The Morgan fingerprint density at radius 1 is 0.895 bits per heavy atom. The van der Waals surface area contributed by atoms with Crippen molar-refractivity contribution in [3.8, 4) is 45.5 Å². The van der Waals surface area contributed by atoms with Gasteiger partial charge < -0.3 is 15.3 Å². The average molecular weight is 509 g/mol. The Hall–Kier alpha value is -4.81. The number of rotatable bonds is 4. The number of aromatic nitrogens is 3. The summed E-state index contributed by atoms with van der Waals surface area (Å²) in [4.78, 5) is 6.88. The summed E-state index contributed by atoms with van der Waals surface area (Å²) in [6.07, 6.45) is 0. The van der Waals surface area contributed by atoms with E-state index in [1.54, 1.807) is 12.1 Å². The number of piperazine rings is 1. The number of hydrogen-bond donors (Lipinski definition) is 3. The second-order valence-electron chi connectivity index (χ2n) is 9.07. The van der Waals surface area contributed by atoms with Gasteiger partial charge in [-0.25, -0.2) is 13.8 Å². The second kappa shape index (κ2) is 9.57. The molecule has 0 aliphatic carbocycles. The molecule has 0 radical (unpaired) electrons. The molecule has 3 N–H and O–H groups in total. The van der Waals surface area contributed by atoms with Gasteiger partial charge in [0.2, 0.25) is 0 Å². The minimum atomic E-state index is -0.702. The number of hydrogen-bond acceptors (Lipinski definition) is 6. The number of aromatic amines is 1. The quantitative estimate of drug-likeness (QED) is 0.308. The van der Waals surface area contributed by atoms with Gasteiger partial charge in [-0.2, -0.15) is 10.4 Å². The highest BCUT2D eigenvalue weighted by molar-refractivity contribution is 6.06. The fraction of sp³-hybridized carbons (Fsp3) is 0.138. The first-order valence-electron chi connectivity index (χ1n) is 12.2. The number of nitrogens with one attached hydrogen (secondary N) is 2. The number of aromatic hydroxyl groups is 1. The molecule has 9 heteroatoms. The molecule has 1 aliphatic heterocycles. The molecule has 0 bridgehead atoms. The zero-order chi connectivity index (χ0) is 26.2. The molecule has 1 aliphatic rings. The number of anilines is 1. The normalized spacial score (nSPS) is 13.6. The zero-order valence-electron chi connectivity index (χ0n) is 20.2. The van der Waals surface area contributed by atoms with Gasteiger partial charge in [-0.05, 0) is 54.1 Å². The SMILES string of the molecule is N#Cc1c(-c2ccc(O)cc2F)nc2[nH]nc(-c3ccc(F)cc3)c2c1-c1ccc(N2CCNCC2)cc1. The van der Waals surface area contributed by atoms with E-state index in [1.165, 1.54) is 24.3 Å². The highest BCUT2D eigenvalue weighted by atomic mass is 19.1. The Bertz CT molecular complexity index is 1680.